The molecule has 0 spiro atoms. The number of hydrogen-bond donors (Lipinski definition) is 2. The van der Waals surface area contributed by atoms with Crippen molar-refractivity contribution < 1.29 is 9.90 Å². The molecule has 3 N–H and O–H groups in total. The molecule has 88 valence electrons. The lowest BCUT2D eigenvalue weighted by molar-refractivity contribution is -0.122. The van der Waals surface area contributed by atoms with Crippen molar-refractivity contribution in [3.63, 3.8) is 0 Å². The molecule has 0 saturated carbocycles. The average Bonchev–Trinajstić information content (AvgIpc) is 2.18. The van der Waals surface area contributed by atoms with Gasteiger partial charge in [-0.25, -0.2) is 0 Å². The van der Waals surface area contributed by atoms with Crippen LogP contribution in [0.5, 0.6) is 0 Å². The maximum absolute atomic E-state index is 10.9. The zero-order chi connectivity index (χ0) is 11.4. The fourth-order valence-corrected chi connectivity index (χ4v) is 2.10. The highest BCUT2D eigenvalue weighted by Crippen LogP contribution is 2.20. The molecule has 15 heavy (non-hydrogen) atoms. The van der Waals surface area contributed by atoms with Gasteiger partial charge in [0.15, 0.2) is 0 Å². The SMILES string of the molecule is CC(CN1CCC(C(C)O)CC1)C(N)=O. The highest BCUT2D eigenvalue weighted by atomic mass is 16.3. The van der Waals surface area contributed by atoms with E-state index in [1.807, 2.05) is 13.8 Å². The Labute approximate surface area is 91.4 Å². The Bertz CT molecular complexity index is 211. The van der Waals surface area contributed by atoms with Gasteiger partial charge in [0.05, 0.1) is 6.10 Å². The smallest absolute Gasteiger partial charge is 0.221 e. The lowest BCUT2D eigenvalue weighted by Crippen LogP contribution is -2.41. The van der Waals surface area contributed by atoms with Gasteiger partial charge in [-0.15, -0.1) is 0 Å². The molecule has 1 rings (SSSR count). The number of aliphatic hydroxyl groups excluding tert-OH is 1. The molecule has 0 aromatic rings. The van der Waals surface area contributed by atoms with Crippen LogP contribution >= 0.6 is 0 Å². The van der Waals surface area contributed by atoms with Crippen LogP contribution in [-0.4, -0.2) is 41.7 Å². The quantitative estimate of drug-likeness (QED) is 0.702. The summed E-state index contributed by atoms with van der Waals surface area (Å²) < 4.78 is 0. The van der Waals surface area contributed by atoms with Crippen LogP contribution in [0.1, 0.15) is 26.7 Å². The summed E-state index contributed by atoms with van der Waals surface area (Å²) in [5, 5.41) is 9.44. The molecular formula is C11H22N2O2. The first-order valence-electron chi connectivity index (χ1n) is 5.70. The van der Waals surface area contributed by atoms with Gasteiger partial charge in [-0.05, 0) is 38.8 Å². The van der Waals surface area contributed by atoms with E-state index in [-0.39, 0.29) is 17.9 Å². The van der Waals surface area contributed by atoms with Gasteiger partial charge >= 0.3 is 0 Å². The van der Waals surface area contributed by atoms with E-state index in [4.69, 9.17) is 5.73 Å². The lowest BCUT2D eigenvalue weighted by Gasteiger charge is -2.34. The van der Waals surface area contributed by atoms with E-state index in [0.29, 0.717) is 5.92 Å². The number of carbonyl (C=O) groups excluding carboxylic acids is 1. The van der Waals surface area contributed by atoms with Crippen LogP contribution in [0.15, 0.2) is 0 Å². The van der Waals surface area contributed by atoms with E-state index in [1.54, 1.807) is 0 Å². The summed E-state index contributed by atoms with van der Waals surface area (Å²) in [5.41, 5.74) is 5.22. The first-order valence-corrected chi connectivity index (χ1v) is 5.70. The Morgan fingerprint density at radius 2 is 2.00 bits per heavy atom. The summed E-state index contributed by atoms with van der Waals surface area (Å²) in [6.07, 6.45) is 1.83. The zero-order valence-electron chi connectivity index (χ0n) is 9.65. The molecule has 0 aliphatic carbocycles. The van der Waals surface area contributed by atoms with Crippen molar-refractivity contribution in [1.29, 1.82) is 0 Å². The first kappa shape index (κ1) is 12.5. The lowest BCUT2D eigenvalue weighted by atomic mass is 9.92. The zero-order valence-corrected chi connectivity index (χ0v) is 9.65. The minimum Gasteiger partial charge on any atom is -0.393 e. The molecule has 2 unspecified atom stereocenters. The number of nitrogens with zero attached hydrogens (tertiary/aromatic N) is 1. The third-order valence-electron chi connectivity index (χ3n) is 3.33. The second kappa shape index (κ2) is 5.47. The van der Waals surface area contributed by atoms with E-state index in [0.717, 1.165) is 32.5 Å². The van der Waals surface area contributed by atoms with Crippen molar-refractivity contribution in [3.05, 3.63) is 0 Å². The number of nitrogens with two attached hydrogens (primary N) is 1. The van der Waals surface area contributed by atoms with Crippen molar-refractivity contribution in [2.45, 2.75) is 32.8 Å². The normalized spacial score (nSPS) is 23.7. The number of primary amides is 1. The fraction of sp³-hybridized carbons (Fsp3) is 0.909. The van der Waals surface area contributed by atoms with Gasteiger partial charge in [-0.3, -0.25) is 4.79 Å². The molecule has 4 heteroatoms. The Hall–Kier alpha value is -0.610. The number of amides is 1. The van der Waals surface area contributed by atoms with Gasteiger partial charge < -0.3 is 15.7 Å². The standard InChI is InChI=1S/C11H22N2O2/c1-8(11(12)15)7-13-5-3-10(4-6-13)9(2)14/h8-10,14H,3-7H2,1-2H3,(H2,12,15). The number of aliphatic hydroxyl groups is 1. The largest absolute Gasteiger partial charge is 0.393 e. The molecule has 1 amide bonds. The maximum Gasteiger partial charge on any atom is 0.221 e. The topological polar surface area (TPSA) is 66.6 Å². The number of rotatable bonds is 4. The third kappa shape index (κ3) is 3.80. The second-order valence-electron chi connectivity index (χ2n) is 4.68. The molecule has 2 atom stereocenters. The number of carbonyl (C=O) groups is 1. The van der Waals surface area contributed by atoms with Crippen LogP contribution in [0.4, 0.5) is 0 Å². The summed E-state index contributed by atoms with van der Waals surface area (Å²) in [5.74, 6) is 0.117. The first-order chi connectivity index (χ1) is 7.00. The van der Waals surface area contributed by atoms with Gasteiger partial charge in [0.2, 0.25) is 5.91 Å². The predicted molar refractivity (Wildman–Crippen MR) is 59.2 cm³/mol. The van der Waals surface area contributed by atoms with Crippen molar-refractivity contribution in [2.75, 3.05) is 19.6 Å². The third-order valence-corrected chi connectivity index (χ3v) is 3.33. The summed E-state index contributed by atoms with van der Waals surface area (Å²) in [7, 11) is 0. The van der Waals surface area contributed by atoms with Gasteiger partial charge in [0.1, 0.15) is 0 Å². The number of hydrogen-bond acceptors (Lipinski definition) is 3. The average molecular weight is 214 g/mol. The van der Waals surface area contributed by atoms with Crippen molar-refractivity contribution in [3.8, 4) is 0 Å². The molecule has 0 bridgehead atoms. The van der Waals surface area contributed by atoms with Crippen LogP contribution in [0.3, 0.4) is 0 Å². The van der Waals surface area contributed by atoms with Crippen LogP contribution in [0, 0.1) is 11.8 Å². The minimum atomic E-state index is -0.229. The molecule has 0 aromatic carbocycles. The summed E-state index contributed by atoms with van der Waals surface area (Å²) in [4.78, 5) is 13.2. The van der Waals surface area contributed by atoms with Gasteiger partial charge in [-0.1, -0.05) is 6.92 Å². The molecule has 1 aliphatic rings. The van der Waals surface area contributed by atoms with Crippen LogP contribution < -0.4 is 5.73 Å². The Morgan fingerprint density at radius 3 is 2.40 bits per heavy atom. The summed E-state index contributed by atoms with van der Waals surface area (Å²) in [6.45, 7) is 6.40. The van der Waals surface area contributed by atoms with E-state index in [1.165, 1.54) is 0 Å². The van der Waals surface area contributed by atoms with Gasteiger partial charge in [-0.2, -0.15) is 0 Å². The van der Waals surface area contributed by atoms with Crippen LogP contribution in [-0.2, 0) is 4.79 Å². The van der Waals surface area contributed by atoms with E-state index in [9.17, 15) is 9.90 Å². The number of piperidine rings is 1. The van der Waals surface area contributed by atoms with Crippen LogP contribution in [0.2, 0.25) is 0 Å². The Kier molecular flexibility index (Phi) is 4.54. The molecule has 1 fully saturated rings. The van der Waals surface area contributed by atoms with Crippen molar-refractivity contribution in [1.82, 2.24) is 4.90 Å². The highest BCUT2D eigenvalue weighted by Gasteiger charge is 2.24. The summed E-state index contributed by atoms with van der Waals surface area (Å²) in [6, 6.07) is 0. The molecule has 1 aliphatic heterocycles. The highest BCUT2D eigenvalue weighted by molar-refractivity contribution is 5.76. The van der Waals surface area contributed by atoms with Crippen LogP contribution in [0.25, 0.3) is 0 Å². The van der Waals surface area contributed by atoms with Crippen molar-refractivity contribution >= 4 is 5.91 Å². The minimum absolute atomic E-state index is 0.0758. The molecule has 0 radical (unpaired) electrons. The fourth-order valence-electron chi connectivity index (χ4n) is 2.10. The molecular weight excluding hydrogens is 192 g/mol. The molecule has 1 heterocycles. The second-order valence-corrected chi connectivity index (χ2v) is 4.68. The van der Waals surface area contributed by atoms with Gasteiger partial charge in [0, 0.05) is 12.5 Å². The molecule has 4 nitrogen and oxygen atoms in total. The van der Waals surface area contributed by atoms with Gasteiger partial charge in [0.25, 0.3) is 0 Å². The molecule has 0 aromatic heterocycles. The van der Waals surface area contributed by atoms with Crippen molar-refractivity contribution in [2.24, 2.45) is 17.6 Å². The predicted octanol–water partition coefficient (Wildman–Crippen LogP) is 0.201. The Morgan fingerprint density at radius 1 is 1.47 bits per heavy atom. The van der Waals surface area contributed by atoms with E-state index in [2.05, 4.69) is 4.90 Å². The summed E-state index contributed by atoms with van der Waals surface area (Å²) >= 11 is 0. The monoisotopic (exact) mass is 214 g/mol. The molecule has 1 saturated heterocycles. The van der Waals surface area contributed by atoms with E-state index >= 15 is 0 Å². The number of likely N-dealkylation sites (tertiary alicyclic amines) is 1. The van der Waals surface area contributed by atoms with E-state index < -0.39 is 0 Å². The Balaban J connectivity index is 2.28. The maximum atomic E-state index is 10.9.